The van der Waals surface area contributed by atoms with Gasteiger partial charge >= 0.3 is 0 Å². The molecule has 0 fully saturated rings. The number of carbonyl (C=O) groups excluding carboxylic acids is 1. The number of aryl methyl sites for hydroxylation is 1. The van der Waals surface area contributed by atoms with E-state index in [2.05, 4.69) is 17.4 Å². The lowest BCUT2D eigenvalue weighted by atomic mass is 10.1. The van der Waals surface area contributed by atoms with Crippen LogP contribution in [0.1, 0.15) is 21.5 Å². The maximum Gasteiger partial charge on any atom is 0.255 e. The standard InChI is InChI=1S/C22H21NO2S/c1-16-7-6-8-19(13-16)23-22(24)17-11-12-21(25-2)18(14-17)15-26-20-9-4-3-5-10-20/h3-14H,15H2,1-2H3,(H,23,24). The molecule has 3 aromatic rings. The van der Waals surface area contributed by atoms with E-state index >= 15 is 0 Å². The molecule has 0 aliphatic heterocycles. The van der Waals surface area contributed by atoms with Crippen LogP contribution < -0.4 is 10.1 Å². The van der Waals surface area contributed by atoms with Crippen molar-refractivity contribution in [1.82, 2.24) is 0 Å². The van der Waals surface area contributed by atoms with Gasteiger partial charge in [0.05, 0.1) is 7.11 Å². The Bertz CT molecular complexity index is 894. The van der Waals surface area contributed by atoms with Gasteiger partial charge in [-0.2, -0.15) is 0 Å². The molecular weight excluding hydrogens is 342 g/mol. The first-order valence-electron chi connectivity index (χ1n) is 8.38. The van der Waals surface area contributed by atoms with Gasteiger partial charge in [-0.15, -0.1) is 11.8 Å². The molecule has 1 N–H and O–H groups in total. The maximum absolute atomic E-state index is 12.6. The van der Waals surface area contributed by atoms with E-state index in [1.165, 1.54) is 4.90 Å². The molecule has 0 saturated carbocycles. The minimum absolute atomic E-state index is 0.121. The van der Waals surface area contributed by atoms with E-state index in [4.69, 9.17) is 4.74 Å². The van der Waals surface area contributed by atoms with Crippen molar-refractivity contribution < 1.29 is 9.53 Å². The summed E-state index contributed by atoms with van der Waals surface area (Å²) in [5, 5.41) is 2.95. The minimum atomic E-state index is -0.121. The first-order chi connectivity index (χ1) is 12.7. The summed E-state index contributed by atoms with van der Waals surface area (Å²) >= 11 is 1.72. The SMILES string of the molecule is COc1ccc(C(=O)Nc2cccc(C)c2)cc1CSc1ccccc1. The lowest BCUT2D eigenvalue weighted by Gasteiger charge is -2.11. The van der Waals surface area contributed by atoms with Gasteiger partial charge < -0.3 is 10.1 Å². The number of benzene rings is 3. The second-order valence-corrected chi connectivity index (χ2v) is 7.00. The molecule has 0 aliphatic rings. The van der Waals surface area contributed by atoms with Crippen molar-refractivity contribution in [2.24, 2.45) is 0 Å². The fraction of sp³-hybridized carbons (Fsp3) is 0.136. The average molecular weight is 363 g/mol. The topological polar surface area (TPSA) is 38.3 Å². The van der Waals surface area contributed by atoms with Crippen LogP contribution in [-0.4, -0.2) is 13.0 Å². The summed E-state index contributed by atoms with van der Waals surface area (Å²) in [5.74, 6) is 1.41. The Balaban J connectivity index is 1.76. The van der Waals surface area contributed by atoms with Gasteiger partial charge in [-0.05, 0) is 55.0 Å². The van der Waals surface area contributed by atoms with Crippen LogP contribution in [0.25, 0.3) is 0 Å². The molecule has 4 heteroatoms. The molecule has 132 valence electrons. The van der Waals surface area contributed by atoms with Gasteiger partial charge in [-0.1, -0.05) is 30.3 Å². The molecule has 0 aliphatic carbocycles. The summed E-state index contributed by atoms with van der Waals surface area (Å²) in [6.07, 6.45) is 0. The van der Waals surface area contributed by atoms with E-state index in [1.54, 1.807) is 24.9 Å². The lowest BCUT2D eigenvalue weighted by molar-refractivity contribution is 0.102. The number of hydrogen-bond donors (Lipinski definition) is 1. The number of nitrogens with one attached hydrogen (secondary N) is 1. The summed E-state index contributed by atoms with van der Waals surface area (Å²) in [7, 11) is 1.65. The molecule has 0 atom stereocenters. The highest BCUT2D eigenvalue weighted by molar-refractivity contribution is 7.98. The van der Waals surface area contributed by atoms with E-state index in [0.29, 0.717) is 5.56 Å². The van der Waals surface area contributed by atoms with Crippen molar-refractivity contribution >= 4 is 23.4 Å². The molecule has 0 bridgehead atoms. The van der Waals surface area contributed by atoms with Gasteiger partial charge in [0.25, 0.3) is 5.91 Å². The number of amides is 1. The van der Waals surface area contributed by atoms with Gasteiger partial charge in [0.15, 0.2) is 0 Å². The van der Waals surface area contributed by atoms with Crippen LogP contribution in [0.2, 0.25) is 0 Å². The van der Waals surface area contributed by atoms with Gasteiger partial charge in [-0.3, -0.25) is 4.79 Å². The van der Waals surface area contributed by atoms with E-state index in [9.17, 15) is 4.79 Å². The largest absolute Gasteiger partial charge is 0.496 e. The van der Waals surface area contributed by atoms with Gasteiger partial charge in [0.2, 0.25) is 0 Å². The fourth-order valence-corrected chi connectivity index (χ4v) is 3.53. The van der Waals surface area contributed by atoms with Crippen LogP contribution in [0.5, 0.6) is 5.75 Å². The van der Waals surface area contributed by atoms with Gasteiger partial charge in [-0.25, -0.2) is 0 Å². The third-order valence-corrected chi connectivity index (χ3v) is 5.02. The molecule has 0 saturated heterocycles. The molecule has 3 nitrogen and oxygen atoms in total. The van der Waals surface area contributed by atoms with Crippen LogP contribution in [0.15, 0.2) is 77.7 Å². The number of carbonyl (C=O) groups is 1. The van der Waals surface area contributed by atoms with Crippen molar-refractivity contribution in [2.75, 3.05) is 12.4 Å². The van der Waals surface area contributed by atoms with Crippen LogP contribution in [0.4, 0.5) is 5.69 Å². The average Bonchev–Trinajstić information content (AvgIpc) is 2.67. The smallest absolute Gasteiger partial charge is 0.255 e. The summed E-state index contributed by atoms with van der Waals surface area (Å²) < 4.78 is 5.46. The maximum atomic E-state index is 12.6. The molecule has 1 amide bonds. The molecule has 0 spiro atoms. The Labute approximate surface area is 158 Å². The molecule has 0 aromatic heterocycles. The van der Waals surface area contributed by atoms with Crippen LogP contribution >= 0.6 is 11.8 Å². The van der Waals surface area contributed by atoms with E-state index in [-0.39, 0.29) is 5.91 Å². The van der Waals surface area contributed by atoms with E-state index < -0.39 is 0 Å². The fourth-order valence-electron chi connectivity index (χ4n) is 2.64. The van der Waals surface area contributed by atoms with Crippen molar-refractivity contribution in [3.05, 3.63) is 89.5 Å². The highest BCUT2D eigenvalue weighted by Crippen LogP contribution is 2.29. The van der Waals surface area contributed by atoms with Crippen molar-refractivity contribution in [3.63, 3.8) is 0 Å². The van der Waals surface area contributed by atoms with Gasteiger partial charge in [0.1, 0.15) is 5.75 Å². The third-order valence-electron chi connectivity index (χ3n) is 3.96. The summed E-state index contributed by atoms with van der Waals surface area (Å²) in [6.45, 7) is 2.00. The normalized spacial score (nSPS) is 10.4. The first kappa shape index (κ1) is 18.1. The number of methoxy groups -OCH3 is 1. The molecule has 0 radical (unpaired) electrons. The lowest BCUT2D eigenvalue weighted by Crippen LogP contribution is -2.12. The number of thioether (sulfide) groups is 1. The molecule has 0 heterocycles. The van der Waals surface area contributed by atoms with Crippen molar-refractivity contribution in [2.45, 2.75) is 17.6 Å². The van der Waals surface area contributed by atoms with Crippen molar-refractivity contribution in [1.29, 1.82) is 0 Å². The zero-order valence-corrected chi connectivity index (χ0v) is 15.7. The Morgan fingerprint density at radius 1 is 1.00 bits per heavy atom. The molecule has 3 rings (SSSR count). The van der Waals surface area contributed by atoms with Crippen molar-refractivity contribution in [3.8, 4) is 5.75 Å². The molecule has 26 heavy (non-hydrogen) atoms. The van der Waals surface area contributed by atoms with Crippen LogP contribution in [0.3, 0.4) is 0 Å². The number of anilines is 1. The predicted molar refractivity (Wildman–Crippen MR) is 108 cm³/mol. The number of rotatable bonds is 6. The Hall–Kier alpha value is -2.72. The van der Waals surface area contributed by atoms with Crippen LogP contribution in [-0.2, 0) is 5.75 Å². The second-order valence-electron chi connectivity index (χ2n) is 5.95. The van der Waals surface area contributed by atoms with Crippen LogP contribution in [0, 0.1) is 6.92 Å². The first-order valence-corrected chi connectivity index (χ1v) is 9.37. The number of ether oxygens (including phenoxy) is 1. The highest BCUT2D eigenvalue weighted by atomic mass is 32.2. The summed E-state index contributed by atoms with van der Waals surface area (Å²) in [4.78, 5) is 13.8. The third kappa shape index (κ3) is 4.67. The molecule has 3 aromatic carbocycles. The Kier molecular flexibility index (Phi) is 5.97. The minimum Gasteiger partial charge on any atom is -0.496 e. The summed E-state index contributed by atoms with van der Waals surface area (Å²) in [6, 6.07) is 23.5. The quantitative estimate of drug-likeness (QED) is 0.584. The summed E-state index contributed by atoms with van der Waals surface area (Å²) in [5.41, 5.74) is 3.53. The number of hydrogen-bond acceptors (Lipinski definition) is 3. The highest BCUT2D eigenvalue weighted by Gasteiger charge is 2.11. The van der Waals surface area contributed by atoms with E-state index in [1.807, 2.05) is 61.5 Å². The van der Waals surface area contributed by atoms with Gasteiger partial charge in [0, 0.05) is 27.5 Å². The second kappa shape index (κ2) is 8.59. The Morgan fingerprint density at radius 2 is 1.81 bits per heavy atom. The zero-order chi connectivity index (χ0) is 18.4. The Morgan fingerprint density at radius 3 is 2.54 bits per heavy atom. The predicted octanol–water partition coefficient (Wildman–Crippen LogP) is 5.55. The zero-order valence-electron chi connectivity index (χ0n) is 14.9. The monoisotopic (exact) mass is 363 g/mol. The molecular formula is C22H21NO2S. The molecule has 0 unspecified atom stereocenters. The van der Waals surface area contributed by atoms with E-state index in [0.717, 1.165) is 28.3 Å².